The van der Waals surface area contributed by atoms with Crippen LogP contribution in [0.5, 0.6) is 0 Å². The fourth-order valence-electron chi connectivity index (χ4n) is 13.4. The number of amides is 9. The number of anilines is 4. The molecule has 25 heteroatoms. The number of aliphatic hydroxyl groups is 1. The third-order valence-electron chi connectivity index (χ3n) is 19.2. The van der Waals surface area contributed by atoms with Gasteiger partial charge in [0.25, 0.3) is 0 Å². The monoisotopic (exact) mass is 1430 g/mol. The Morgan fingerprint density at radius 3 is 1.41 bits per heavy atom. The Bertz CT molecular complexity index is 4400. The smallest absolute Gasteiger partial charge is 0.408 e. The summed E-state index contributed by atoms with van der Waals surface area (Å²) in [4.78, 5) is 130. The van der Waals surface area contributed by atoms with E-state index < -0.39 is 70.6 Å². The van der Waals surface area contributed by atoms with Gasteiger partial charge in [-0.15, -0.1) is 0 Å². The SMILES string of the molecule is CCO.CC[C@@](C)(N)C(=O)N[C@H](Cc1cn(C)c2ccccc12)C(=O)NC1Cc2cccc(N3CCCC3=O)c2N(Cc2ccsc2)C1=O.CC[C@](C)(NC(=O)OC(C)(C)C)C(=O)N[C@H](Cc1cn(C)c2ccccc12)C(=O)NC1Cc2cccc(N3CCCC3=O)c2N(Cc2ccsc2)C1=O. The molecule has 0 radical (unpaired) electrons. The first-order valence-corrected chi connectivity index (χ1v) is 36.7. The number of carbonyl (C=O) groups excluding carboxylic acids is 9. The zero-order valence-corrected chi connectivity index (χ0v) is 61.4. The molecule has 2 fully saturated rings. The minimum absolute atomic E-state index is 0.0176. The number of hydrogen-bond donors (Lipinski definition) is 7. The van der Waals surface area contributed by atoms with E-state index in [9.17, 15) is 43.2 Å². The Kier molecular flexibility index (Phi) is 23.6. The lowest BCUT2D eigenvalue weighted by molar-refractivity contribution is -0.133. The summed E-state index contributed by atoms with van der Waals surface area (Å²) in [5, 5.41) is 31.9. The number of alkyl carbamates (subject to hydrolysis) is 1. The van der Waals surface area contributed by atoms with E-state index in [1.807, 2.05) is 161 Å². The van der Waals surface area contributed by atoms with Gasteiger partial charge in [0, 0.05) is 107 Å². The lowest BCUT2D eigenvalue weighted by Gasteiger charge is -2.38. The second-order valence-electron chi connectivity index (χ2n) is 27.9. The number of aryl methyl sites for hydroxylation is 2. The first-order valence-electron chi connectivity index (χ1n) is 34.8. The van der Waals surface area contributed by atoms with Crippen molar-refractivity contribution in [2.24, 2.45) is 19.8 Å². The van der Waals surface area contributed by atoms with Gasteiger partial charge in [-0.05, 0) is 159 Å². The number of hydrogen-bond acceptors (Lipinski definition) is 14. The molecule has 0 saturated carbocycles. The molecule has 8 heterocycles. The van der Waals surface area contributed by atoms with Crippen LogP contribution in [0.2, 0.25) is 0 Å². The van der Waals surface area contributed by atoms with Gasteiger partial charge in [-0.1, -0.05) is 74.5 Å². The minimum Gasteiger partial charge on any atom is -0.444 e. The molecular weight excluding hydrogens is 1330 g/mol. The number of para-hydroxylation sites is 4. The maximum atomic E-state index is 14.5. The zero-order chi connectivity index (χ0) is 73.4. The van der Waals surface area contributed by atoms with Crippen LogP contribution in [0, 0.1) is 0 Å². The fraction of sp³-hybridized carbons (Fsp3) is 0.416. The normalized spacial score (nSPS) is 17.6. The van der Waals surface area contributed by atoms with E-state index >= 15 is 0 Å². The number of fused-ring (bicyclic) bond motifs is 4. The molecule has 4 aromatic heterocycles. The van der Waals surface area contributed by atoms with Gasteiger partial charge in [-0.3, -0.25) is 38.4 Å². The number of carbonyl (C=O) groups is 9. The van der Waals surface area contributed by atoms with Crippen molar-refractivity contribution in [2.75, 3.05) is 39.3 Å². The number of aliphatic hydroxyl groups excluding tert-OH is 1. The molecule has 0 bridgehead atoms. The average molecular weight is 1430 g/mol. The molecule has 540 valence electrons. The van der Waals surface area contributed by atoms with Crippen molar-refractivity contribution in [3.63, 3.8) is 0 Å². The number of thiophene rings is 2. The van der Waals surface area contributed by atoms with Gasteiger partial charge in [0.1, 0.15) is 35.3 Å². The number of ether oxygens (including phenoxy) is 1. The number of rotatable bonds is 21. The van der Waals surface area contributed by atoms with E-state index in [0.29, 0.717) is 56.0 Å². The molecule has 9 amide bonds. The lowest BCUT2D eigenvalue weighted by Crippen LogP contribution is -2.62. The maximum absolute atomic E-state index is 14.5. The molecular formula is C77H94N12O11S2. The topological polar surface area (TPSA) is 292 Å². The van der Waals surface area contributed by atoms with Crippen molar-refractivity contribution < 1.29 is 53.0 Å². The van der Waals surface area contributed by atoms with Gasteiger partial charge < -0.3 is 70.9 Å². The summed E-state index contributed by atoms with van der Waals surface area (Å²) in [7, 11) is 3.86. The van der Waals surface area contributed by atoms with Gasteiger partial charge in [0.05, 0.1) is 41.4 Å². The van der Waals surface area contributed by atoms with Crippen molar-refractivity contribution >= 4 is 121 Å². The molecule has 102 heavy (non-hydrogen) atoms. The van der Waals surface area contributed by atoms with Crippen molar-refractivity contribution in [3.8, 4) is 0 Å². The van der Waals surface area contributed by atoms with E-state index in [0.717, 1.165) is 73.7 Å². The highest BCUT2D eigenvalue weighted by Gasteiger charge is 2.43. The van der Waals surface area contributed by atoms with Gasteiger partial charge in [-0.2, -0.15) is 22.7 Å². The number of benzene rings is 4. The second kappa shape index (κ2) is 32.1. The third-order valence-corrected chi connectivity index (χ3v) is 20.7. The Hall–Kier alpha value is -9.69. The summed E-state index contributed by atoms with van der Waals surface area (Å²) in [5.41, 5.74) is 13.0. The number of nitrogens with one attached hydrogen (secondary N) is 5. The Labute approximate surface area is 603 Å². The van der Waals surface area contributed by atoms with Crippen LogP contribution in [-0.2, 0) is 96.0 Å². The minimum atomic E-state index is -1.40. The van der Waals surface area contributed by atoms with E-state index in [1.165, 1.54) is 11.3 Å². The summed E-state index contributed by atoms with van der Waals surface area (Å²) in [6.07, 6.45) is 7.00. The Balaban J connectivity index is 0.000000213. The predicted octanol–water partition coefficient (Wildman–Crippen LogP) is 9.16. The molecule has 4 aromatic carbocycles. The molecule has 12 rings (SSSR count). The molecule has 8 N–H and O–H groups in total. The standard InChI is InChI=1S/C40H48N6O6S.C35H40N6O4S.C2H6O/c1-7-40(5,43-38(51)52-39(2,3)4)37(50)42-29(21-27-23-44(6)31-14-9-8-13-28(27)31)35(48)41-30-20-26-12-10-15-32(45-18-11-16-33(45)47)34(26)46(36(30)49)22-25-17-19-53-24-25;1-4-35(2,36)34(45)38-26(18-24-20-39(3)28-11-6-5-10-25(24)28)32(43)37-27-17-23-9-7-12-29(40-15-8-13-30(40)42)31(23)41(33(27)44)19-22-14-16-46-21-22;1-2-3/h8-10,12-15,17,19,23-24,29-30H,7,11,16,18,20-22H2,1-6H3,(H,41,48)(H,42,50)(H,43,51);5-7,9-12,14,16,20-21,26-27H,4,8,13,15,17-19,36H2,1-3H3,(H,37,43)(H,38,45);3H,2H2,1H3/t29-,30?,40+;26-,27?,35-;/m11./s1. The van der Waals surface area contributed by atoms with Crippen LogP contribution >= 0.6 is 22.7 Å². The summed E-state index contributed by atoms with van der Waals surface area (Å²) < 4.78 is 9.40. The largest absolute Gasteiger partial charge is 0.444 e. The molecule has 6 atom stereocenters. The number of nitrogens with two attached hydrogens (primary N) is 1. The average Bonchev–Trinajstić information content (AvgIpc) is 0.902. The van der Waals surface area contributed by atoms with Crippen molar-refractivity contribution in [1.82, 2.24) is 35.7 Å². The lowest BCUT2D eigenvalue weighted by atomic mass is 9.94. The van der Waals surface area contributed by atoms with Crippen LogP contribution in [0.4, 0.5) is 27.5 Å². The number of nitrogens with zero attached hydrogens (tertiary/aromatic N) is 6. The van der Waals surface area contributed by atoms with Gasteiger partial charge in [-0.25, -0.2) is 4.79 Å². The molecule has 2 unspecified atom stereocenters. The zero-order valence-electron chi connectivity index (χ0n) is 59.7. The van der Waals surface area contributed by atoms with Crippen molar-refractivity contribution in [2.45, 2.75) is 174 Å². The van der Waals surface area contributed by atoms with E-state index in [-0.39, 0.29) is 68.9 Å². The van der Waals surface area contributed by atoms with Crippen LogP contribution in [0.3, 0.4) is 0 Å². The fourth-order valence-corrected chi connectivity index (χ4v) is 14.8. The second-order valence-corrected chi connectivity index (χ2v) is 29.5. The highest BCUT2D eigenvalue weighted by molar-refractivity contribution is 7.08. The Morgan fingerprint density at radius 1 is 0.598 bits per heavy atom. The summed E-state index contributed by atoms with van der Waals surface area (Å²) in [5.74, 6) is -2.52. The van der Waals surface area contributed by atoms with Crippen LogP contribution in [0.1, 0.15) is 127 Å². The number of aromatic nitrogens is 2. The van der Waals surface area contributed by atoms with E-state index in [4.69, 9.17) is 15.6 Å². The molecule has 4 aliphatic heterocycles. The predicted molar refractivity (Wildman–Crippen MR) is 399 cm³/mol. The molecule has 8 aromatic rings. The molecule has 23 nitrogen and oxygen atoms in total. The summed E-state index contributed by atoms with van der Waals surface area (Å²) in [6, 6.07) is 27.2. The maximum Gasteiger partial charge on any atom is 0.408 e. The van der Waals surface area contributed by atoms with E-state index in [2.05, 4.69) is 26.6 Å². The molecule has 0 aliphatic carbocycles. The van der Waals surface area contributed by atoms with Crippen LogP contribution in [0.25, 0.3) is 21.8 Å². The van der Waals surface area contributed by atoms with Gasteiger partial charge in [0.15, 0.2) is 0 Å². The van der Waals surface area contributed by atoms with Crippen molar-refractivity contribution in [1.29, 1.82) is 0 Å². The third kappa shape index (κ3) is 16.9. The van der Waals surface area contributed by atoms with Gasteiger partial charge in [0.2, 0.25) is 47.3 Å². The highest BCUT2D eigenvalue weighted by Crippen LogP contribution is 2.42. The summed E-state index contributed by atoms with van der Waals surface area (Å²) in [6.45, 7) is 15.7. The van der Waals surface area contributed by atoms with Crippen LogP contribution in [0.15, 0.2) is 131 Å². The Morgan fingerprint density at radius 2 is 1.03 bits per heavy atom. The van der Waals surface area contributed by atoms with Crippen LogP contribution in [-0.4, -0.2) is 128 Å². The van der Waals surface area contributed by atoms with Gasteiger partial charge >= 0.3 is 6.09 Å². The van der Waals surface area contributed by atoms with E-state index in [1.54, 1.807) is 79.4 Å². The first-order chi connectivity index (χ1) is 48.7. The molecule has 0 spiro atoms. The highest BCUT2D eigenvalue weighted by atomic mass is 32.1. The summed E-state index contributed by atoms with van der Waals surface area (Å²) >= 11 is 3.07. The van der Waals surface area contributed by atoms with Crippen molar-refractivity contribution in [3.05, 3.63) is 164 Å². The quantitative estimate of drug-likeness (QED) is 0.0354. The van der Waals surface area contributed by atoms with Crippen LogP contribution < -0.4 is 51.9 Å². The molecule has 4 aliphatic rings. The first kappa shape index (κ1) is 75.0. The molecule has 2 saturated heterocycles.